The molecule has 5 heteroatoms. The molecule has 0 fully saturated rings. The second-order valence-corrected chi connectivity index (χ2v) is 4.93. The van der Waals surface area contributed by atoms with Gasteiger partial charge in [-0.05, 0) is 23.4 Å². The molecule has 0 bridgehead atoms. The van der Waals surface area contributed by atoms with E-state index in [0.29, 0.717) is 5.56 Å². The fourth-order valence-corrected chi connectivity index (χ4v) is 2.37. The fourth-order valence-electron chi connectivity index (χ4n) is 1.71. The number of nitrogens with two attached hydrogens (primary N) is 1. The molecule has 0 aliphatic carbocycles. The molecular weight excluding hydrogens is 234 g/mol. The van der Waals surface area contributed by atoms with E-state index in [1.165, 1.54) is 4.90 Å². The van der Waals surface area contributed by atoms with Crippen LogP contribution >= 0.6 is 11.8 Å². The third-order valence-corrected chi connectivity index (χ3v) is 3.43. The Morgan fingerprint density at radius 3 is 2.53 bits per heavy atom. The van der Waals surface area contributed by atoms with Gasteiger partial charge in [0, 0.05) is 11.4 Å². The first-order valence-electron chi connectivity index (χ1n) is 5.49. The molecule has 0 saturated heterocycles. The molecule has 0 aliphatic heterocycles. The summed E-state index contributed by atoms with van der Waals surface area (Å²) >= 11 is 1.79. The zero-order valence-electron chi connectivity index (χ0n) is 9.62. The smallest absolute Gasteiger partial charge is 0.269 e. The zero-order valence-corrected chi connectivity index (χ0v) is 10.4. The maximum atomic E-state index is 11.4. The Kier molecular flexibility index (Phi) is 3.71. The van der Waals surface area contributed by atoms with Crippen molar-refractivity contribution in [2.75, 3.05) is 5.75 Å². The summed E-state index contributed by atoms with van der Waals surface area (Å²) in [5.74, 6) is 1.05. The van der Waals surface area contributed by atoms with E-state index in [1.54, 1.807) is 11.8 Å². The lowest BCUT2D eigenvalue weighted by Crippen LogP contribution is -2.10. The van der Waals surface area contributed by atoms with E-state index in [1.807, 2.05) is 12.1 Å². The van der Waals surface area contributed by atoms with Crippen LogP contribution in [0.4, 0.5) is 0 Å². The quantitative estimate of drug-likeness (QED) is 0.725. The molecule has 0 spiro atoms. The summed E-state index contributed by atoms with van der Waals surface area (Å²) in [5.41, 5.74) is 7.78. The molecule has 17 heavy (non-hydrogen) atoms. The topological polar surface area (TPSA) is 74.7 Å². The first-order valence-corrected chi connectivity index (χ1v) is 6.47. The van der Waals surface area contributed by atoms with Gasteiger partial charge >= 0.3 is 0 Å². The van der Waals surface area contributed by atoms with Gasteiger partial charge in [0.05, 0.1) is 11.3 Å². The normalized spacial score (nSPS) is 10.7. The standard InChI is InChI=1S/C12H15N3OS/c1-2-17-9-5-3-8(4-6-9)11-10(7-13)12(16)15-14-11/h3-6H,2,7,13H2,1H3,(H2,14,15,16). The summed E-state index contributed by atoms with van der Waals surface area (Å²) in [5, 5.41) is 5.43. The van der Waals surface area contributed by atoms with E-state index in [9.17, 15) is 4.79 Å². The first kappa shape index (κ1) is 12.0. The second kappa shape index (κ2) is 5.25. The van der Waals surface area contributed by atoms with Crippen LogP contribution in [0.5, 0.6) is 0 Å². The van der Waals surface area contributed by atoms with E-state index in [0.717, 1.165) is 17.0 Å². The molecule has 1 heterocycles. The summed E-state index contributed by atoms with van der Waals surface area (Å²) in [4.78, 5) is 12.7. The Morgan fingerprint density at radius 2 is 1.94 bits per heavy atom. The van der Waals surface area contributed by atoms with Crippen LogP contribution < -0.4 is 11.3 Å². The van der Waals surface area contributed by atoms with Gasteiger partial charge in [-0.25, -0.2) is 0 Å². The van der Waals surface area contributed by atoms with Gasteiger partial charge in [-0.15, -0.1) is 11.8 Å². The van der Waals surface area contributed by atoms with Gasteiger partial charge in [0.25, 0.3) is 5.56 Å². The minimum atomic E-state index is -0.144. The maximum Gasteiger partial charge on any atom is 0.269 e. The number of aromatic amines is 2. The summed E-state index contributed by atoms with van der Waals surface area (Å²) in [6.45, 7) is 2.36. The van der Waals surface area contributed by atoms with Crippen LogP contribution in [0, 0.1) is 0 Å². The lowest BCUT2D eigenvalue weighted by Gasteiger charge is -2.02. The predicted octanol–water partition coefficient (Wildman–Crippen LogP) is 1.94. The highest BCUT2D eigenvalue weighted by Crippen LogP contribution is 2.23. The minimum Gasteiger partial charge on any atom is -0.326 e. The number of thioether (sulfide) groups is 1. The van der Waals surface area contributed by atoms with E-state index >= 15 is 0 Å². The molecule has 90 valence electrons. The molecule has 0 atom stereocenters. The Labute approximate surface area is 104 Å². The second-order valence-electron chi connectivity index (χ2n) is 3.59. The third kappa shape index (κ3) is 2.45. The van der Waals surface area contributed by atoms with Crippen LogP contribution in [0.15, 0.2) is 34.0 Å². The highest BCUT2D eigenvalue weighted by atomic mass is 32.2. The summed E-state index contributed by atoms with van der Waals surface area (Å²) in [6.07, 6.45) is 0. The average Bonchev–Trinajstić information content (AvgIpc) is 2.72. The largest absolute Gasteiger partial charge is 0.326 e. The molecule has 0 saturated carbocycles. The maximum absolute atomic E-state index is 11.4. The fraction of sp³-hybridized carbons (Fsp3) is 0.250. The van der Waals surface area contributed by atoms with Crippen LogP contribution in [0.2, 0.25) is 0 Å². The van der Waals surface area contributed by atoms with Crippen molar-refractivity contribution < 1.29 is 0 Å². The van der Waals surface area contributed by atoms with Gasteiger partial charge in [0.2, 0.25) is 0 Å². The van der Waals surface area contributed by atoms with Crippen molar-refractivity contribution in [3.05, 3.63) is 40.2 Å². The SMILES string of the molecule is CCSc1ccc(-c2[nH][nH]c(=O)c2CN)cc1. The van der Waals surface area contributed by atoms with Crippen molar-refractivity contribution in [2.45, 2.75) is 18.4 Å². The van der Waals surface area contributed by atoms with Crippen molar-refractivity contribution in [1.82, 2.24) is 10.2 Å². The molecule has 0 unspecified atom stereocenters. The monoisotopic (exact) mass is 249 g/mol. The molecule has 0 amide bonds. The van der Waals surface area contributed by atoms with E-state index in [2.05, 4.69) is 29.3 Å². The van der Waals surface area contributed by atoms with Gasteiger partial charge in [0.1, 0.15) is 0 Å². The zero-order chi connectivity index (χ0) is 12.3. The number of hydrogen-bond donors (Lipinski definition) is 3. The van der Waals surface area contributed by atoms with E-state index in [-0.39, 0.29) is 12.1 Å². The minimum absolute atomic E-state index is 0.144. The van der Waals surface area contributed by atoms with Crippen molar-refractivity contribution in [1.29, 1.82) is 0 Å². The van der Waals surface area contributed by atoms with Crippen LogP contribution in [-0.2, 0) is 6.54 Å². The lowest BCUT2D eigenvalue weighted by atomic mass is 10.1. The Hall–Kier alpha value is -1.46. The summed E-state index contributed by atoms with van der Waals surface area (Å²) in [6, 6.07) is 8.09. The lowest BCUT2D eigenvalue weighted by molar-refractivity contribution is 1.04. The molecule has 4 N–H and O–H groups in total. The van der Waals surface area contributed by atoms with Crippen LogP contribution in [0.25, 0.3) is 11.3 Å². The Morgan fingerprint density at radius 1 is 1.24 bits per heavy atom. The van der Waals surface area contributed by atoms with Gasteiger partial charge < -0.3 is 5.73 Å². The van der Waals surface area contributed by atoms with E-state index < -0.39 is 0 Å². The number of rotatable bonds is 4. The van der Waals surface area contributed by atoms with Crippen molar-refractivity contribution >= 4 is 11.8 Å². The highest BCUT2D eigenvalue weighted by Gasteiger charge is 2.09. The number of nitrogens with one attached hydrogen (secondary N) is 2. The van der Waals surface area contributed by atoms with E-state index in [4.69, 9.17) is 5.73 Å². The van der Waals surface area contributed by atoms with Crippen molar-refractivity contribution in [3.8, 4) is 11.3 Å². The molecular formula is C12H15N3OS. The van der Waals surface area contributed by atoms with Crippen LogP contribution in [0.1, 0.15) is 12.5 Å². The van der Waals surface area contributed by atoms with Gasteiger partial charge in [-0.2, -0.15) is 0 Å². The number of aromatic nitrogens is 2. The van der Waals surface area contributed by atoms with Crippen molar-refractivity contribution in [3.63, 3.8) is 0 Å². The summed E-state index contributed by atoms with van der Waals surface area (Å²) < 4.78 is 0. The van der Waals surface area contributed by atoms with Crippen LogP contribution in [-0.4, -0.2) is 16.0 Å². The molecule has 0 aliphatic rings. The number of H-pyrrole nitrogens is 2. The predicted molar refractivity (Wildman–Crippen MR) is 71.1 cm³/mol. The molecule has 1 aromatic heterocycles. The first-order chi connectivity index (χ1) is 8.26. The number of benzene rings is 1. The average molecular weight is 249 g/mol. The van der Waals surface area contributed by atoms with Crippen LogP contribution in [0.3, 0.4) is 0 Å². The van der Waals surface area contributed by atoms with Crippen molar-refractivity contribution in [2.24, 2.45) is 5.73 Å². The molecule has 2 rings (SSSR count). The molecule has 4 nitrogen and oxygen atoms in total. The molecule has 1 aromatic carbocycles. The molecule has 0 radical (unpaired) electrons. The number of hydrogen-bond acceptors (Lipinski definition) is 3. The highest BCUT2D eigenvalue weighted by molar-refractivity contribution is 7.99. The Balaban J connectivity index is 2.36. The third-order valence-electron chi connectivity index (χ3n) is 2.54. The summed E-state index contributed by atoms with van der Waals surface area (Å²) in [7, 11) is 0. The van der Waals surface area contributed by atoms with Gasteiger partial charge in [-0.1, -0.05) is 19.1 Å². The van der Waals surface area contributed by atoms with Gasteiger partial charge in [-0.3, -0.25) is 15.0 Å². The van der Waals surface area contributed by atoms with Gasteiger partial charge in [0.15, 0.2) is 0 Å². The molecule has 2 aromatic rings. The Bertz CT molecular complexity index is 542.